The number of hydrogen-bond acceptors (Lipinski definition) is 5. The summed E-state index contributed by atoms with van der Waals surface area (Å²) in [5.41, 5.74) is 2.06. The van der Waals surface area contributed by atoms with Crippen molar-refractivity contribution in [1.29, 1.82) is 0 Å². The molecule has 0 saturated carbocycles. The molecule has 0 unspecified atom stereocenters. The Bertz CT molecular complexity index is 845. The molecule has 0 atom stereocenters. The van der Waals surface area contributed by atoms with E-state index >= 15 is 0 Å². The van der Waals surface area contributed by atoms with Gasteiger partial charge in [-0.05, 0) is 48.6 Å². The maximum Gasteiger partial charge on any atom is 0.293 e. The van der Waals surface area contributed by atoms with Gasteiger partial charge in [0.2, 0.25) is 0 Å². The van der Waals surface area contributed by atoms with Gasteiger partial charge < -0.3 is 15.0 Å². The maximum absolute atomic E-state index is 11.8. The number of ether oxygens (including phenoxy) is 1. The zero-order chi connectivity index (χ0) is 19.4. The molecule has 0 aromatic heterocycles. The van der Waals surface area contributed by atoms with Gasteiger partial charge in [0, 0.05) is 31.8 Å². The Morgan fingerprint density at radius 3 is 2.59 bits per heavy atom. The summed E-state index contributed by atoms with van der Waals surface area (Å²) in [5, 5.41) is 14.0. The van der Waals surface area contributed by atoms with E-state index < -0.39 is 4.92 Å². The Labute approximate surface area is 158 Å². The SMILES string of the molecule is CNC(=O)c1ccc(N2CCC(c3cccc(OC)c3)CC2)c([N+](=O)[O-])c1. The number of hydrogen-bond donors (Lipinski definition) is 1. The largest absolute Gasteiger partial charge is 0.497 e. The lowest BCUT2D eigenvalue weighted by atomic mass is 9.89. The Kier molecular flexibility index (Phi) is 5.59. The summed E-state index contributed by atoms with van der Waals surface area (Å²) >= 11 is 0. The highest BCUT2D eigenvalue weighted by Crippen LogP contribution is 2.35. The molecule has 2 aromatic rings. The molecular weight excluding hydrogens is 346 g/mol. The van der Waals surface area contributed by atoms with Crippen LogP contribution in [0.3, 0.4) is 0 Å². The molecule has 0 spiro atoms. The van der Waals surface area contributed by atoms with Gasteiger partial charge in [-0.1, -0.05) is 12.1 Å². The van der Waals surface area contributed by atoms with Gasteiger partial charge in [-0.25, -0.2) is 0 Å². The van der Waals surface area contributed by atoms with Gasteiger partial charge in [0.25, 0.3) is 11.6 Å². The predicted octanol–water partition coefficient (Wildman–Crippen LogP) is 3.35. The lowest BCUT2D eigenvalue weighted by Gasteiger charge is -2.33. The van der Waals surface area contributed by atoms with Crippen molar-refractivity contribution in [3.05, 3.63) is 63.7 Å². The van der Waals surface area contributed by atoms with Gasteiger partial charge in [0.1, 0.15) is 11.4 Å². The molecule has 1 fully saturated rings. The minimum absolute atomic E-state index is 0.0315. The molecule has 1 heterocycles. The normalized spacial score (nSPS) is 14.7. The quantitative estimate of drug-likeness (QED) is 0.645. The summed E-state index contributed by atoms with van der Waals surface area (Å²) in [6, 6.07) is 12.7. The first kappa shape index (κ1) is 18.7. The second-order valence-electron chi connectivity index (χ2n) is 6.58. The van der Waals surface area contributed by atoms with Crippen molar-refractivity contribution in [3.63, 3.8) is 0 Å². The number of piperidine rings is 1. The van der Waals surface area contributed by atoms with E-state index in [2.05, 4.69) is 17.4 Å². The minimum atomic E-state index is -0.421. The molecule has 1 amide bonds. The van der Waals surface area contributed by atoms with Crippen LogP contribution < -0.4 is 15.0 Å². The van der Waals surface area contributed by atoms with E-state index in [0.29, 0.717) is 17.2 Å². The highest BCUT2D eigenvalue weighted by Gasteiger charge is 2.26. The molecule has 1 aliphatic heterocycles. The second-order valence-corrected chi connectivity index (χ2v) is 6.58. The number of methoxy groups -OCH3 is 1. The minimum Gasteiger partial charge on any atom is -0.497 e. The molecule has 0 aliphatic carbocycles. The Hall–Kier alpha value is -3.09. The molecule has 1 saturated heterocycles. The molecule has 1 aliphatic rings. The van der Waals surface area contributed by atoms with Gasteiger partial charge in [-0.2, -0.15) is 0 Å². The number of nitro groups is 1. The first-order chi connectivity index (χ1) is 13.0. The van der Waals surface area contributed by atoms with Crippen LogP contribution in [0.1, 0.15) is 34.7 Å². The lowest BCUT2D eigenvalue weighted by Crippen LogP contribution is -2.33. The molecular formula is C20H23N3O4. The third-order valence-corrected chi connectivity index (χ3v) is 5.06. The molecule has 142 valence electrons. The van der Waals surface area contributed by atoms with Crippen LogP contribution in [-0.4, -0.2) is 38.1 Å². The average molecular weight is 369 g/mol. The maximum atomic E-state index is 11.8. The molecule has 7 nitrogen and oxygen atoms in total. The van der Waals surface area contributed by atoms with Crippen molar-refractivity contribution in [2.75, 3.05) is 32.1 Å². The van der Waals surface area contributed by atoms with E-state index in [-0.39, 0.29) is 11.6 Å². The highest BCUT2D eigenvalue weighted by molar-refractivity contribution is 5.95. The number of nitrogens with zero attached hydrogens (tertiary/aromatic N) is 2. The zero-order valence-corrected chi connectivity index (χ0v) is 15.5. The van der Waals surface area contributed by atoms with Crippen molar-refractivity contribution < 1.29 is 14.5 Å². The zero-order valence-electron chi connectivity index (χ0n) is 15.5. The fourth-order valence-electron chi connectivity index (χ4n) is 3.57. The van der Waals surface area contributed by atoms with E-state index in [1.54, 1.807) is 19.2 Å². The average Bonchev–Trinajstić information content (AvgIpc) is 2.72. The Morgan fingerprint density at radius 1 is 1.22 bits per heavy atom. The summed E-state index contributed by atoms with van der Waals surface area (Å²) in [7, 11) is 3.16. The summed E-state index contributed by atoms with van der Waals surface area (Å²) in [5.74, 6) is 0.914. The van der Waals surface area contributed by atoms with E-state index in [1.807, 2.05) is 17.0 Å². The predicted molar refractivity (Wildman–Crippen MR) is 104 cm³/mol. The Balaban J connectivity index is 1.77. The number of anilines is 1. The van der Waals surface area contributed by atoms with Gasteiger partial charge in [0.15, 0.2) is 0 Å². The van der Waals surface area contributed by atoms with Crippen LogP contribution in [-0.2, 0) is 0 Å². The first-order valence-electron chi connectivity index (χ1n) is 8.93. The van der Waals surface area contributed by atoms with Crippen LogP contribution in [0.4, 0.5) is 11.4 Å². The number of nitro benzene ring substituents is 1. The van der Waals surface area contributed by atoms with E-state index in [4.69, 9.17) is 4.74 Å². The van der Waals surface area contributed by atoms with Crippen LogP contribution in [0.2, 0.25) is 0 Å². The topological polar surface area (TPSA) is 84.7 Å². The highest BCUT2D eigenvalue weighted by atomic mass is 16.6. The smallest absolute Gasteiger partial charge is 0.293 e. The van der Waals surface area contributed by atoms with Crippen molar-refractivity contribution in [2.24, 2.45) is 0 Å². The molecule has 1 N–H and O–H groups in total. The summed E-state index contributed by atoms with van der Waals surface area (Å²) in [4.78, 5) is 24.9. The van der Waals surface area contributed by atoms with E-state index in [0.717, 1.165) is 31.7 Å². The number of benzene rings is 2. The number of carbonyl (C=O) groups is 1. The monoisotopic (exact) mass is 369 g/mol. The molecule has 3 rings (SSSR count). The van der Waals surface area contributed by atoms with Gasteiger partial charge in [-0.3, -0.25) is 14.9 Å². The van der Waals surface area contributed by atoms with Gasteiger partial charge in [-0.15, -0.1) is 0 Å². The summed E-state index contributed by atoms with van der Waals surface area (Å²) in [6.45, 7) is 1.45. The standard InChI is InChI=1S/C20H23N3O4/c1-21-20(24)16-6-7-18(19(13-16)23(25)26)22-10-8-14(9-11-22)15-4-3-5-17(12-15)27-2/h3-7,12-14H,8-11H2,1-2H3,(H,21,24). The molecule has 7 heteroatoms. The van der Waals surface area contributed by atoms with Gasteiger partial charge >= 0.3 is 0 Å². The fraction of sp³-hybridized carbons (Fsp3) is 0.350. The number of rotatable bonds is 5. The first-order valence-corrected chi connectivity index (χ1v) is 8.93. The fourth-order valence-corrected chi connectivity index (χ4v) is 3.57. The molecule has 27 heavy (non-hydrogen) atoms. The van der Waals surface area contributed by atoms with Crippen LogP contribution >= 0.6 is 0 Å². The summed E-state index contributed by atoms with van der Waals surface area (Å²) in [6.07, 6.45) is 1.81. The number of amides is 1. The van der Waals surface area contributed by atoms with Crippen LogP contribution in [0.5, 0.6) is 5.75 Å². The molecule has 2 aromatic carbocycles. The van der Waals surface area contributed by atoms with E-state index in [1.165, 1.54) is 18.7 Å². The van der Waals surface area contributed by atoms with Crippen molar-refractivity contribution in [1.82, 2.24) is 5.32 Å². The lowest BCUT2D eigenvalue weighted by molar-refractivity contribution is -0.384. The van der Waals surface area contributed by atoms with E-state index in [9.17, 15) is 14.9 Å². The Morgan fingerprint density at radius 2 is 1.96 bits per heavy atom. The van der Waals surface area contributed by atoms with Crippen molar-refractivity contribution in [3.8, 4) is 5.75 Å². The third kappa shape index (κ3) is 4.02. The van der Waals surface area contributed by atoms with Crippen LogP contribution in [0, 0.1) is 10.1 Å². The molecule has 0 radical (unpaired) electrons. The third-order valence-electron chi connectivity index (χ3n) is 5.06. The second kappa shape index (κ2) is 8.07. The number of carbonyl (C=O) groups excluding carboxylic acids is 1. The van der Waals surface area contributed by atoms with Gasteiger partial charge in [0.05, 0.1) is 12.0 Å². The van der Waals surface area contributed by atoms with Crippen LogP contribution in [0.15, 0.2) is 42.5 Å². The van der Waals surface area contributed by atoms with Crippen molar-refractivity contribution in [2.45, 2.75) is 18.8 Å². The van der Waals surface area contributed by atoms with Crippen LogP contribution in [0.25, 0.3) is 0 Å². The summed E-state index contributed by atoms with van der Waals surface area (Å²) < 4.78 is 5.30. The number of nitrogens with one attached hydrogen (secondary N) is 1. The van der Waals surface area contributed by atoms with Crippen molar-refractivity contribution >= 4 is 17.3 Å². The molecule has 0 bridgehead atoms.